The molecule has 1 aromatic heterocycles. The minimum atomic E-state index is -3.81. The number of benzene rings is 2. The predicted molar refractivity (Wildman–Crippen MR) is 104 cm³/mol. The number of sulfone groups is 1. The molecular weight excluding hydrogens is 364 g/mol. The van der Waals surface area contributed by atoms with Crippen molar-refractivity contribution in [2.75, 3.05) is 25.6 Å². The molecule has 1 heterocycles. The van der Waals surface area contributed by atoms with Gasteiger partial charge >= 0.3 is 0 Å². The van der Waals surface area contributed by atoms with Gasteiger partial charge in [-0.2, -0.15) is 4.98 Å². The van der Waals surface area contributed by atoms with E-state index in [4.69, 9.17) is 9.15 Å². The van der Waals surface area contributed by atoms with Crippen LogP contribution in [0.4, 0.5) is 5.88 Å². The lowest BCUT2D eigenvalue weighted by atomic mass is 10.1. The Bertz CT molecular complexity index is 981. The quantitative estimate of drug-likeness (QED) is 0.591. The second kappa shape index (κ2) is 8.37. The molecule has 0 unspecified atom stereocenters. The second-order valence-electron chi connectivity index (χ2n) is 6.11. The molecule has 0 amide bonds. The van der Waals surface area contributed by atoms with Crippen molar-refractivity contribution in [3.63, 3.8) is 0 Å². The van der Waals surface area contributed by atoms with Crippen LogP contribution in [0.5, 0.6) is 0 Å². The SMILES string of the molecule is COCCCNc1oc(-c2ccc(C)cc2)nc1S(=O)(=O)c1ccccc1. The molecule has 1 N–H and O–H groups in total. The van der Waals surface area contributed by atoms with Crippen LogP contribution in [-0.4, -0.2) is 33.7 Å². The number of anilines is 1. The van der Waals surface area contributed by atoms with Gasteiger partial charge in [0.05, 0.1) is 4.90 Å². The topological polar surface area (TPSA) is 81.4 Å². The number of nitrogens with one attached hydrogen (secondary N) is 1. The molecule has 0 atom stereocenters. The number of hydrogen-bond acceptors (Lipinski definition) is 6. The molecule has 6 nitrogen and oxygen atoms in total. The summed E-state index contributed by atoms with van der Waals surface area (Å²) < 4.78 is 36.9. The van der Waals surface area contributed by atoms with Gasteiger partial charge in [-0.25, -0.2) is 8.42 Å². The Balaban J connectivity index is 2.01. The van der Waals surface area contributed by atoms with Crippen LogP contribution in [0.3, 0.4) is 0 Å². The Morgan fingerprint density at radius 1 is 1.07 bits per heavy atom. The van der Waals surface area contributed by atoms with Crippen LogP contribution in [0, 0.1) is 6.92 Å². The fourth-order valence-electron chi connectivity index (χ4n) is 2.55. The standard InChI is InChI=1S/C20H22N2O4S/c1-15-9-11-16(12-10-15)18-22-20(19(26-18)21-13-6-14-25-2)27(23,24)17-7-4-3-5-8-17/h3-5,7-12,21H,6,13-14H2,1-2H3. The molecular formula is C20H22N2O4S. The van der Waals surface area contributed by atoms with Crippen molar-refractivity contribution >= 4 is 15.7 Å². The third-order valence-electron chi connectivity index (χ3n) is 4.01. The maximum absolute atomic E-state index is 13.1. The first-order valence-corrected chi connectivity index (χ1v) is 10.1. The molecule has 0 saturated carbocycles. The number of nitrogens with zero attached hydrogens (tertiary/aromatic N) is 1. The van der Waals surface area contributed by atoms with Gasteiger partial charge in [0.15, 0.2) is 0 Å². The van der Waals surface area contributed by atoms with Crippen molar-refractivity contribution in [3.8, 4) is 11.5 Å². The van der Waals surface area contributed by atoms with E-state index in [1.807, 2.05) is 31.2 Å². The zero-order valence-corrected chi connectivity index (χ0v) is 16.1. The van der Waals surface area contributed by atoms with Gasteiger partial charge in [0.1, 0.15) is 0 Å². The number of rotatable bonds is 8. The third kappa shape index (κ3) is 4.37. The van der Waals surface area contributed by atoms with Crippen molar-refractivity contribution in [2.24, 2.45) is 0 Å². The van der Waals surface area contributed by atoms with Crippen LogP contribution in [-0.2, 0) is 14.6 Å². The summed E-state index contributed by atoms with van der Waals surface area (Å²) in [6, 6.07) is 15.8. The molecule has 0 aliphatic carbocycles. The fraction of sp³-hybridized carbons (Fsp3) is 0.250. The van der Waals surface area contributed by atoms with E-state index in [0.29, 0.717) is 19.6 Å². The molecule has 0 fully saturated rings. The maximum Gasteiger partial charge on any atom is 0.233 e. The normalized spacial score (nSPS) is 11.5. The average Bonchev–Trinajstić information content (AvgIpc) is 3.11. The van der Waals surface area contributed by atoms with Crippen molar-refractivity contribution in [2.45, 2.75) is 23.3 Å². The van der Waals surface area contributed by atoms with E-state index in [0.717, 1.165) is 11.1 Å². The van der Waals surface area contributed by atoms with Crippen LogP contribution in [0.15, 0.2) is 68.9 Å². The summed E-state index contributed by atoms with van der Waals surface area (Å²) in [4.78, 5) is 4.48. The van der Waals surface area contributed by atoms with Gasteiger partial charge in [-0.05, 0) is 37.6 Å². The third-order valence-corrected chi connectivity index (χ3v) is 5.69. The fourth-order valence-corrected chi connectivity index (χ4v) is 3.85. The highest BCUT2D eigenvalue weighted by molar-refractivity contribution is 7.91. The first-order chi connectivity index (χ1) is 13.0. The predicted octanol–water partition coefficient (Wildman–Crippen LogP) is 3.93. The zero-order chi connectivity index (χ0) is 19.3. The lowest BCUT2D eigenvalue weighted by Crippen LogP contribution is -2.09. The first kappa shape index (κ1) is 19.1. The van der Waals surface area contributed by atoms with Crippen molar-refractivity contribution in [1.82, 2.24) is 4.98 Å². The van der Waals surface area contributed by atoms with E-state index in [1.165, 1.54) is 0 Å². The number of aryl methyl sites for hydroxylation is 1. The van der Waals surface area contributed by atoms with Gasteiger partial charge < -0.3 is 14.5 Å². The Kier molecular flexibility index (Phi) is 5.93. The Labute approximate surface area is 159 Å². The summed E-state index contributed by atoms with van der Waals surface area (Å²) in [5.74, 6) is 0.407. The number of ether oxygens (including phenoxy) is 1. The molecule has 0 aliphatic heterocycles. The molecule has 142 valence electrons. The van der Waals surface area contributed by atoms with E-state index in [1.54, 1.807) is 37.4 Å². The average molecular weight is 386 g/mol. The van der Waals surface area contributed by atoms with Gasteiger partial charge in [0.25, 0.3) is 0 Å². The first-order valence-electron chi connectivity index (χ1n) is 8.63. The highest BCUT2D eigenvalue weighted by Gasteiger charge is 2.28. The number of oxazole rings is 1. The summed E-state index contributed by atoms with van der Waals surface area (Å²) >= 11 is 0. The molecule has 0 saturated heterocycles. The largest absolute Gasteiger partial charge is 0.419 e. The molecule has 27 heavy (non-hydrogen) atoms. The van der Waals surface area contributed by atoms with E-state index in [-0.39, 0.29) is 21.7 Å². The molecule has 3 rings (SSSR count). The van der Waals surface area contributed by atoms with Crippen LogP contribution in [0.25, 0.3) is 11.5 Å². The lowest BCUT2D eigenvalue weighted by molar-refractivity contribution is 0.197. The minimum absolute atomic E-state index is 0.110. The Morgan fingerprint density at radius 3 is 2.44 bits per heavy atom. The smallest absolute Gasteiger partial charge is 0.233 e. The molecule has 2 aromatic carbocycles. The van der Waals surface area contributed by atoms with Crippen LogP contribution in [0.2, 0.25) is 0 Å². The highest BCUT2D eigenvalue weighted by Crippen LogP contribution is 2.32. The summed E-state index contributed by atoms with van der Waals surface area (Å²) in [5.41, 5.74) is 1.82. The lowest BCUT2D eigenvalue weighted by Gasteiger charge is -2.05. The minimum Gasteiger partial charge on any atom is -0.419 e. The van der Waals surface area contributed by atoms with Crippen LogP contribution < -0.4 is 5.32 Å². The molecule has 0 spiro atoms. The van der Waals surface area contributed by atoms with E-state index >= 15 is 0 Å². The van der Waals surface area contributed by atoms with E-state index in [2.05, 4.69) is 10.3 Å². The van der Waals surface area contributed by atoms with Crippen molar-refractivity contribution in [3.05, 3.63) is 60.2 Å². The van der Waals surface area contributed by atoms with Gasteiger partial charge in [0.2, 0.25) is 26.6 Å². The molecule has 0 radical (unpaired) electrons. The number of methoxy groups -OCH3 is 1. The number of hydrogen-bond donors (Lipinski definition) is 1. The van der Waals surface area contributed by atoms with Gasteiger partial charge in [-0.15, -0.1) is 0 Å². The number of aromatic nitrogens is 1. The van der Waals surface area contributed by atoms with E-state index < -0.39 is 9.84 Å². The molecule has 7 heteroatoms. The monoisotopic (exact) mass is 386 g/mol. The van der Waals surface area contributed by atoms with Gasteiger partial charge in [-0.1, -0.05) is 35.9 Å². The maximum atomic E-state index is 13.1. The molecule has 0 bridgehead atoms. The Morgan fingerprint density at radius 2 is 1.78 bits per heavy atom. The van der Waals surface area contributed by atoms with Crippen molar-refractivity contribution in [1.29, 1.82) is 0 Å². The molecule has 3 aromatic rings. The summed E-state index contributed by atoms with van der Waals surface area (Å²) in [6.07, 6.45) is 0.710. The molecule has 0 aliphatic rings. The van der Waals surface area contributed by atoms with Crippen LogP contribution in [0.1, 0.15) is 12.0 Å². The van der Waals surface area contributed by atoms with Gasteiger partial charge in [0, 0.05) is 25.8 Å². The zero-order valence-electron chi connectivity index (χ0n) is 15.3. The van der Waals surface area contributed by atoms with Crippen LogP contribution >= 0.6 is 0 Å². The second-order valence-corrected chi connectivity index (χ2v) is 7.97. The summed E-state index contributed by atoms with van der Waals surface area (Å²) in [5, 5.41) is 2.93. The van der Waals surface area contributed by atoms with Crippen molar-refractivity contribution < 1.29 is 17.6 Å². The summed E-state index contributed by atoms with van der Waals surface area (Å²) in [6.45, 7) is 3.05. The summed E-state index contributed by atoms with van der Waals surface area (Å²) in [7, 11) is -2.19. The van der Waals surface area contributed by atoms with Gasteiger partial charge in [-0.3, -0.25) is 0 Å². The van der Waals surface area contributed by atoms with E-state index in [9.17, 15) is 8.42 Å². The Hall–Kier alpha value is -2.64. The highest BCUT2D eigenvalue weighted by atomic mass is 32.2.